The van der Waals surface area contributed by atoms with Gasteiger partial charge in [-0.05, 0) is 18.1 Å². The Morgan fingerprint density at radius 3 is 2.87 bits per heavy atom. The Balaban J connectivity index is 2.68. The first-order chi connectivity index (χ1) is 7.09. The second-order valence-corrected chi connectivity index (χ2v) is 4.12. The fourth-order valence-corrected chi connectivity index (χ4v) is 1.73. The molecule has 0 bridgehead atoms. The Labute approximate surface area is 87.1 Å². The summed E-state index contributed by atoms with van der Waals surface area (Å²) in [5, 5.41) is 12.7. The number of fused-ring (bicyclic) bond motifs is 1. The maximum Gasteiger partial charge on any atom is 0.275 e. The lowest BCUT2D eigenvalue weighted by molar-refractivity contribution is 0.481. The van der Waals surface area contributed by atoms with Crippen LogP contribution in [0, 0.1) is 5.92 Å². The summed E-state index contributed by atoms with van der Waals surface area (Å²) in [7, 11) is 0. The van der Waals surface area contributed by atoms with Crippen LogP contribution in [0.1, 0.15) is 13.8 Å². The Bertz CT molecular complexity index is 537. The van der Waals surface area contributed by atoms with Crippen molar-refractivity contribution in [3.8, 4) is 5.75 Å². The fourth-order valence-electron chi connectivity index (χ4n) is 1.73. The molecule has 80 valence electrons. The number of nitrogens with zero attached hydrogens (tertiary/aromatic N) is 1. The van der Waals surface area contributed by atoms with Gasteiger partial charge in [-0.3, -0.25) is 14.6 Å². The molecule has 4 heteroatoms. The molecule has 0 unspecified atom stereocenters. The molecule has 0 saturated heterocycles. The van der Waals surface area contributed by atoms with Crippen molar-refractivity contribution in [2.24, 2.45) is 5.92 Å². The molecule has 1 heterocycles. The van der Waals surface area contributed by atoms with E-state index in [0.717, 1.165) is 12.1 Å². The van der Waals surface area contributed by atoms with E-state index < -0.39 is 0 Å². The smallest absolute Gasteiger partial charge is 0.275 e. The highest BCUT2D eigenvalue weighted by atomic mass is 16.3. The van der Waals surface area contributed by atoms with Gasteiger partial charge in [-0.15, -0.1) is 0 Å². The van der Waals surface area contributed by atoms with Gasteiger partial charge in [0.1, 0.15) is 11.1 Å². The molecule has 1 aromatic heterocycles. The standard InChI is InChI=1S/C11H14N2O2/c1-7(2)6-13-8-4-3-5-9(14)10(8)11(15)12-13/h3-5,7,14H,6H2,1-2H3,(H,12,15). The molecule has 2 N–H and O–H groups in total. The Morgan fingerprint density at radius 2 is 2.20 bits per heavy atom. The monoisotopic (exact) mass is 206 g/mol. The maximum atomic E-state index is 11.6. The van der Waals surface area contributed by atoms with Gasteiger partial charge >= 0.3 is 0 Å². The third kappa shape index (κ3) is 1.63. The number of nitrogens with one attached hydrogen (secondary N) is 1. The molecule has 0 radical (unpaired) electrons. The van der Waals surface area contributed by atoms with E-state index >= 15 is 0 Å². The molecule has 0 fully saturated rings. The SMILES string of the molecule is CC(C)Cn1[nH]c(=O)c2c(O)cccc21. The number of aromatic amines is 1. The minimum atomic E-state index is -0.233. The van der Waals surface area contributed by atoms with Crippen LogP contribution in [0.3, 0.4) is 0 Å². The highest BCUT2D eigenvalue weighted by Crippen LogP contribution is 2.20. The molecule has 0 aliphatic heterocycles. The first kappa shape index (κ1) is 9.83. The molecule has 0 amide bonds. The minimum Gasteiger partial charge on any atom is -0.507 e. The second kappa shape index (κ2) is 3.46. The van der Waals surface area contributed by atoms with Crippen LogP contribution >= 0.6 is 0 Å². The zero-order valence-corrected chi connectivity index (χ0v) is 8.82. The van der Waals surface area contributed by atoms with Gasteiger partial charge in [0, 0.05) is 6.54 Å². The summed E-state index contributed by atoms with van der Waals surface area (Å²) in [5.41, 5.74) is 0.525. The molecule has 15 heavy (non-hydrogen) atoms. The van der Waals surface area contributed by atoms with Gasteiger partial charge in [-0.25, -0.2) is 0 Å². The van der Waals surface area contributed by atoms with Crippen LogP contribution < -0.4 is 5.56 Å². The number of phenolic OH excluding ortho intramolecular Hbond substituents is 1. The average Bonchev–Trinajstić information content (AvgIpc) is 2.44. The summed E-state index contributed by atoms with van der Waals surface area (Å²) >= 11 is 0. The maximum absolute atomic E-state index is 11.6. The van der Waals surface area contributed by atoms with E-state index in [1.165, 1.54) is 6.07 Å². The van der Waals surface area contributed by atoms with Gasteiger partial charge in [0.15, 0.2) is 0 Å². The lowest BCUT2D eigenvalue weighted by Gasteiger charge is -2.06. The molecular weight excluding hydrogens is 192 g/mol. The van der Waals surface area contributed by atoms with Crippen molar-refractivity contribution in [1.29, 1.82) is 0 Å². The van der Waals surface area contributed by atoms with E-state index in [4.69, 9.17) is 0 Å². The molecule has 4 nitrogen and oxygen atoms in total. The quantitative estimate of drug-likeness (QED) is 0.785. The van der Waals surface area contributed by atoms with E-state index in [1.54, 1.807) is 10.7 Å². The highest BCUT2D eigenvalue weighted by molar-refractivity contribution is 5.84. The molecular formula is C11H14N2O2. The van der Waals surface area contributed by atoms with E-state index in [-0.39, 0.29) is 11.3 Å². The summed E-state index contributed by atoms with van der Waals surface area (Å²) in [6.07, 6.45) is 0. The van der Waals surface area contributed by atoms with Crippen molar-refractivity contribution in [1.82, 2.24) is 9.78 Å². The van der Waals surface area contributed by atoms with Gasteiger partial charge < -0.3 is 5.11 Å². The van der Waals surface area contributed by atoms with Gasteiger partial charge in [-0.2, -0.15) is 0 Å². The number of hydrogen-bond acceptors (Lipinski definition) is 2. The Kier molecular flexibility index (Phi) is 2.26. The second-order valence-electron chi connectivity index (χ2n) is 4.12. The lowest BCUT2D eigenvalue weighted by atomic mass is 10.2. The van der Waals surface area contributed by atoms with E-state index in [2.05, 4.69) is 18.9 Å². The lowest BCUT2D eigenvalue weighted by Crippen LogP contribution is -2.09. The number of benzene rings is 1. The zero-order chi connectivity index (χ0) is 11.0. The van der Waals surface area contributed by atoms with Crippen LogP contribution in [0.2, 0.25) is 0 Å². The van der Waals surface area contributed by atoms with Crippen molar-refractivity contribution in [3.05, 3.63) is 28.6 Å². The van der Waals surface area contributed by atoms with Crippen LogP contribution in [0.25, 0.3) is 10.9 Å². The van der Waals surface area contributed by atoms with E-state index in [1.807, 2.05) is 6.07 Å². The summed E-state index contributed by atoms with van der Waals surface area (Å²) < 4.78 is 1.78. The number of hydrogen-bond donors (Lipinski definition) is 2. The summed E-state index contributed by atoms with van der Waals surface area (Å²) in [5.74, 6) is 0.481. The van der Waals surface area contributed by atoms with Gasteiger partial charge in [0.05, 0.1) is 5.52 Å². The van der Waals surface area contributed by atoms with Crippen LogP contribution in [0.5, 0.6) is 5.75 Å². The predicted molar refractivity (Wildman–Crippen MR) is 59.1 cm³/mol. The molecule has 1 aromatic carbocycles. The fraction of sp³-hybridized carbons (Fsp3) is 0.364. The van der Waals surface area contributed by atoms with Gasteiger partial charge in [0.25, 0.3) is 5.56 Å². The Hall–Kier alpha value is -1.71. The molecule has 0 aliphatic carbocycles. The molecule has 0 spiro atoms. The van der Waals surface area contributed by atoms with Crippen molar-refractivity contribution >= 4 is 10.9 Å². The van der Waals surface area contributed by atoms with Crippen LogP contribution in [0.15, 0.2) is 23.0 Å². The minimum absolute atomic E-state index is 0.0382. The summed E-state index contributed by atoms with van der Waals surface area (Å²) in [4.78, 5) is 11.6. The van der Waals surface area contributed by atoms with Crippen LogP contribution in [-0.4, -0.2) is 14.9 Å². The van der Waals surface area contributed by atoms with Crippen molar-refractivity contribution in [2.75, 3.05) is 0 Å². The molecule has 2 aromatic rings. The third-order valence-corrected chi connectivity index (χ3v) is 2.32. The summed E-state index contributed by atoms with van der Waals surface area (Å²) in [6.45, 7) is 4.89. The molecule has 0 saturated carbocycles. The topological polar surface area (TPSA) is 58.0 Å². The normalized spacial score (nSPS) is 11.4. The molecule has 0 atom stereocenters. The van der Waals surface area contributed by atoms with Gasteiger partial charge in [0.2, 0.25) is 0 Å². The molecule has 2 rings (SSSR count). The number of aromatic hydroxyl groups is 1. The first-order valence-electron chi connectivity index (χ1n) is 5.00. The molecule has 0 aliphatic rings. The number of phenols is 1. The average molecular weight is 206 g/mol. The summed E-state index contributed by atoms with van der Waals surface area (Å²) in [6, 6.07) is 5.09. The van der Waals surface area contributed by atoms with Crippen molar-refractivity contribution < 1.29 is 5.11 Å². The highest BCUT2D eigenvalue weighted by Gasteiger charge is 2.10. The number of H-pyrrole nitrogens is 1. The predicted octanol–water partition coefficient (Wildman–Crippen LogP) is 1.69. The Morgan fingerprint density at radius 1 is 1.47 bits per heavy atom. The van der Waals surface area contributed by atoms with Crippen LogP contribution in [0.4, 0.5) is 0 Å². The van der Waals surface area contributed by atoms with E-state index in [0.29, 0.717) is 11.3 Å². The van der Waals surface area contributed by atoms with Crippen molar-refractivity contribution in [3.63, 3.8) is 0 Å². The largest absolute Gasteiger partial charge is 0.507 e. The number of rotatable bonds is 2. The third-order valence-electron chi connectivity index (χ3n) is 2.32. The van der Waals surface area contributed by atoms with E-state index in [9.17, 15) is 9.90 Å². The number of aromatic nitrogens is 2. The zero-order valence-electron chi connectivity index (χ0n) is 8.82. The first-order valence-corrected chi connectivity index (χ1v) is 5.00. The van der Waals surface area contributed by atoms with Gasteiger partial charge in [-0.1, -0.05) is 19.9 Å². The van der Waals surface area contributed by atoms with Crippen molar-refractivity contribution in [2.45, 2.75) is 20.4 Å². The van der Waals surface area contributed by atoms with Crippen LogP contribution in [-0.2, 0) is 6.54 Å².